The van der Waals surface area contributed by atoms with Gasteiger partial charge in [0.1, 0.15) is 5.82 Å². The highest BCUT2D eigenvalue weighted by Crippen LogP contribution is 2.33. The normalized spacial score (nSPS) is 13.4. The van der Waals surface area contributed by atoms with E-state index in [0.717, 1.165) is 20.6 Å². The molecule has 2 rings (SSSR count). The predicted molar refractivity (Wildman–Crippen MR) is 88.2 cm³/mol. The van der Waals surface area contributed by atoms with Crippen molar-refractivity contribution in [2.75, 3.05) is 7.05 Å². The standard InChI is InChI=1S/C15H19BrFN3S/c1-15(2,3)14-13(21-20-19-14)12(18-4)8-9-7-10(17)5-6-11(9)16/h5-7,12,18H,8H2,1-4H3. The van der Waals surface area contributed by atoms with Gasteiger partial charge in [-0.15, -0.1) is 5.10 Å². The summed E-state index contributed by atoms with van der Waals surface area (Å²) in [7, 11) is 1.91. The molecule has 0 aliphatic carbocycles. The van der Waals surface area contributed by atoms with Crippen molar-refractivity contribution in [2.24, 2.45) is 0 Å². The van der Waals surface area contributed by atoms with Gasteiger partial charge in [-0.3, -0.25) is 0 Å². The van der Waals surface area contributed by atoms with Crippen LogP contribution >= 0.6 is 27.5 Å². The van der Waals surface area contributed by atoms with Crippen LogP contribution in [0.2, 0.25) is 0 Å². The van der Waals surface area contributed by atoms with Crippen LogP contribution in [-0.4, -0.2) is 16.6 Å². The smallest absolute Gasteiger partial charge is 0.123 e. The average Bonchev–Trinajstić information content (AvgIpc) is 2.89. The van der Waals surface area contributed by atoms with Crippen LogP contribution in [0.3, 0.4) is 0 Å². The monoisotopic (exact) mass is 371 g/mol. The van der Waals surface area contributed by atoms with Crippen molar-refractivity contribution in [3.63, 3.8) is 0 Å². The molecule has 0 saturated heterocycles. The third-order valence-corrected chi connectivity index (χ3v) is 4.93. The van der Waals surface area contributed by atoms with Crippen molar-refractivity contribution in [3.05, 3.63) is 44.6 Å². The Kier molecular flexibility index (Phi) is 5.11. The molecule has 1 unspecified atom stereocenters. The third kappa shape index (κ3) is 3.87. The quantitative estimate of drug-likeness (QED) is 0.873. The summed E-state index contributed by atoms with van der Waals surface area (Å²) in [5.41, 5.74) is 1.87. The zero-order valence-electron chi connectivity index (χ0n) is 12.6. The van der Waals surface area contributed by atoms with Crippen LogP contribution < -0.4 is 5.32 Å². The lowest BCUT2D eigenvalue weighted by molar-refractivity contribution is 0.529. The summed E-state index contributed by atoms with van der Waals surface area (Å²) in [6.45, 7) is 6.37. The molecule has 1 N–H and O–H groups in total. The fourth-order valence-electron chi connectivity index (χ4n) is 2.19. The highest BCUT2D eigenvalue weighted by atomic mass is 79.9. The van der Waals surface area contributed by atoms with E-state index < -0.39 is 0 Å². The van der Waals surface area contributed by atoms with Gasteiger partial charge >= 0.3 is 0 Å². The lowest BCUT2D eigenvalue weighted by Crippen LogP contribution is -2.23. The Morgan fingerprint density at radius 3 is 2.71 bits per heavy atom. The first-order chi connectivity index (χ1) is 9.82. The predicted octanol–water partition coefficient (Wildman–Crippen LogP) is 4.24. The number of halogens is 2. The number of likely N-dealkylation sites (N-methyl/N-ethyl adjacent to an activating group) is 1. The molecule has 1 atom stereocenters. The fourth-order valence-corrected chi connectivity index (χ4v) is 3.57. The minimum absolute atomic E-state index is 0.0589. The van der Waals surface area contributed by atoms with E-state index in [1.807, 2.05) is 7.05 Å². The summed E-state index contributed by atoms with van der Waals surface area (Å²) in [5, 5.41) is 7.58. The second-order valence-corrected chi connectivity index (χ2v) is 7.66. The van der Waals surface area contributed by atoms with Crippen molar-refractivity contribution in [1.29, 1.82) is 0 Å². The summed E-state index contributed by atoms with van der Waals surface area (Å²) >= 11 is 4.89. The topological polar surface area (TPSA) is 37.8 Å². The summed E-state index contributed by atoms with van der Waals surface area (Å²) in [4.78, 5) is 1.11. The molecular formula is C15H19BrFN3S. The van der Waals surface area contributed by atoms with Crippen LogP contribution in [0, 0.1) is 5.82 Å². The van der Waals surface area contributed by atoms with E-state index in [1.54, 1.807) is 12.1 Å². The average molecular weight is 372 g/mol. The molecule has 0 amide bonds. The molecule has 3 nitrogen and oxygen atoms in total. The molecule has 21 heavy (non-hydrogen) atoms. The molecule has 1 aromatic heterocycles. The molecule has 114 valence electrons. The van der Waals surface area contributed by atoms with Crippen molar-refractivity contribution < 1.29 is 4.39 Å². The highest BCUT2D eigenvalue weighted by Gasteiger charge is 2.27. The Hall–Kier alpha value is -0.850. The molecule has 0 aliphatic rings. The maximum Gasteiger partial charge on any atom is 0.123 e. The van der Waals surface area contributed by atoms with Gasteiger partial charge in [0.25, 0.3) is 0 Å². The Morgan fingerprint density at radius 2 is 2.10 bits per heavy atom. The van der Waals surface area contributed by atoms with Gasteiger partial charge in [-0.05, 0) is 48.8 Å². The number of rotatable bonds is 4. The Labute approximate surface area is 137 Å². The molecular weight excluding hydrogens is 353 g/mol. The zero-order valence-corrected chi connectivity index (χ0v) is 15.0. The molecule has 6 heteroatoms. The Morgan fingerprint density at radius 1 is 1.38 bits per heavy atom. The van der Waals surface area contributed by atoms with Crippen molar-refractivity contribution in [1.82, 2.24) is 14.9 Å². The van der Waals surface area contributed by atoms with Gasteiger partial charge in [-0.2, -0.15) is 0 Å². The molecule has 1 aromatic carbocycles. The maximum atomic E-state index is 13.4. The van der Waals surface area contributed by atoms with E-state index in [0.29, 0.717) is 6.42 Å². The second kappa shape index (κ2) is 6.50. The Bertz CT molecular complexity index is 622. The molecule has 2 aromatic rings. The first-order valence-electron chi connectivity index (χ1n) is 6.77. The van der Waals surface area contributed by atoms with E-state index in [4.69, 9.17) is 0 Å². The van der Waals surface area contributed by atoms with Gasteiger partial charge in [0.05, 0.1) is 10.6 Å². The lowest BCUT2D eigenvalue weighted by Gasteiger charge is -2.22. The van der Waals surface area contributed by atoms with Crippen LogP contribution in [0.25, 0.3) is 0 Å². The van der Waals surface area contributed by atoms with Crippen molar-refractivity contribution in [3.8, 4) is 0 Å². The summed E-state index contributed by atoms with van der Waals surface area (Å²) in [6, 6.07) is 4.83. The second-order valence-electron chi connectivity index (χ2n) is 6.02. The third-order valence-electron chi connectivity index (χ3n) is 3.32. The first-order valence-corrected chi connectivity index (χ1v) is 8.33. The van der Waals surface area contributed by atoms with E-state index in [-0.39, 0.29) is 17.3 Å². The van der Waals surface area contributed by atoms with Crippen LogP contribution in [0.4, 0.5) is 4.39 Å². The molecule has 1 heterocycles. The number of nitrogens with zero attached hydrogens (tertiary/aromatic N) is 2. The van der Waals surface area contributed by atoms with Gasteiger partial charge in [-0.1, -0.05) is 41.2 Å². The molecule has 0 spiro atoms. The van der Waals surface area contributed by atoms with Gasteiger partial charge < -0.3 is 5.32 Å². The molecule has 0 bridgehead atoms. The summed E-state index contributed by atoms with van der Waals surface area (Å²) in [6.07, 6.45) is 0.682. The maximum absolute atomic E-state index is 13.4. The van der Waals surface area contributed by atoms with Crippen LogP contribution in [-0.2, 0) is 11.8 Å². The van der Waals surface area contributed by atoms with E-state index in [1.165, 1.54) is 17.6 Å². The SMILES string of the molecule is CNC(Cc1cc(F)ccc1Br)c1snnc1C(C)(C)C. The van der Waals surface area contributed by atoms with Gasteiger partial charge in [0, 0.05) is 15.9 Å². The largest absolute Gasteiger partial charge is 0.312 e. The Balaban J connectivity index is 2.33. The van der Waals surface area contributed by atoms with Crippen molar-refractivity contribution in [2.45, 2.75) is 38.6 Å². The minimum Gasteiger partial charge on any atom is -0.312 e. The molecule has 0 fully saturated rings. The number of benzene rings is 1. The van der Waals surface area contributed by atoms with E-state index in [9.17, 15) is 4.39 Å². The first kappa shape index (κ1) is 16.5. The highest BCUT2D eigenvalue weighted by molar-refractivity contribution is 9.10. The van der Waals surface area contributed by atoms with Gasteiger partial charge in [-0.25, -0.2) is 4.39 Å². The van der Waals surface area contributed by atoms with Crippen molar-refractivity contribution >= 4 is 27.5 Å². The number of hydrogen-bond acceptors (Lipinski definition) is 4. The van der Waals surface area contributed by atoms with Gasteiger partial charge in [0.15, 0.2) is 0 Å². The van der Waals surface area contributed by atoms with Gasteiger partial charge in [0.2, 0.25) is 0 Å². The minimum atomic E-state index is -0.221. The van der Waals surface area contributed by atoms with Crippen LogP contribution in [0.15, 0.2) is 22.7 Å². The lowest BCUT2D eigenvalue weighted by atomic mass is 9.89. The van der Waals surface area contributed by atoms with Crippen LogP contribution in [0.1, 0.15) is 42.9 Å². The molecule has 0 radical (unpaired) electrons. The van der Waals surface area contributed by atoms with E-state index in [2.05, 4.69) is 51.6 Å². The van der Waals surface area contributed by atoms with Crippen LogP contribution in [0.5, 0.6) is 0 Å². The fraction of sp³-hybridized carbons (Fsp3) is 0.467. The molecule has 0 saturated carbocycles. The summed E-state index contributed by atoms with van der Waals surface area (Å²) in [5.74, 6) is -0.221. The van der Waals surface area contributed by atoms with E-state index >= 15 is 0 Å². The number of hydrogen-bond donors (Lipinski definition) is 1. The number of aromatic nitrogens is 2. The molecule has 0 aliphatic heterocycles. The summed E-state index contributed by atoms with van der Waals surface area (Å²) < 4.78 is 18.5. The zero-order chi connectivity index (χ0) is 15.6. The number of nitrogens with one attached hydrogen (secondary N) is 1.